The van der Waals surface area contributed by atoms with E-state index in [9.17, 15) is 18.0 Å². The molecule has 0 aliphatic carbocycles. The lowest BCUT2D eigenvalue weighted by atomic mass is 10.0. The minimum absolute atomic E-state index is 0.0545. The van der Waals surface area contributed by atoms with Crippen molar-refractivity contribution >= 4 is 11.6 Å². The molecule has 40 heavy (non-hydrogen) atoms. The van der Waals surface area contributed by atoms with Crippen LogP contribution in [0.1, 0.15) is 53.7 Å². The number of carbonyl (C=O) groups is 1. The number of halogens is 3. The number of rotatable bonds is 8. The Labute approximate surface area is 232 Å². The summed E-state index contributed by atoms with van der Waals surface area (Å²) in [5, 5.41) is 7.40. The lowest BCUT2D eigenvalue weighted by Crippen LogP contribution is -2.54. The van der Waals surface area contributed by atoms with Crippen molar-refractivity contribution in [2.24, 2.45) is 7.05 Å². The molecule has 2 aromatic carbocycles. The van der Waals surface area contributed by atoms with Crippen LogP contribution in [-0.2, 0) is 7.05 Å². The van der Waals surface area contributed by atoms with Crippen LogP contribution in [0.25, 0.3) is 11.1 Å². The van der Waals surface area contributed by atoms with E-state index in [1.54, 1.807) is 18.0 Å². The number of benzene rings is 2. The molecule has 7 nitrogen and oxygen atoms in total. The molecule has 1 aromatic heterocycles. The number of amides is 1. The summed E-state index contributed by atoms with van der Waals surface area (Å²) in [6, 6.07) is 11.7. The van der Waals surface area contributed by atoms with Crippen LogP contribution in [0.15, 0.2) is 48.8 Å². The van der Waals surface area contributed by atoms with Gasteiger partial charge in [0.2, 0.25) is 0 Å². The van der Waals surface area contributed by atoms with Crippen molar-refractivity contribution in [1.82, 2.24) is 20.0 Å². The zero-order chi connectivity index (χ0) is 28.6. The van der Waals surface area contributed by atoms with E-state index in [0.717, 1.165) is 40.8 Å². The van der Waals surface area contributed by atoms with Crippen molar-refractivity contribution in [2.75, 3.05) is 31.6 Å². The Balaban J connectivity index is 1.30. The van der Waals surface area contributed by atoms with Crippen LogP contribution in [-0.4, -0.2) is 65.6 Å². The third kappa shape index (κ3) is 6.11. The van der Waals surface area contributed by atoms with Gasteiger partial charge in [0.25, 0.3) is 5.91 Å². The molecule has 3 heterocycles. The second kappa shape index (κ2) is 11.2. The van der Waals surface area contributed by atoms with Gasteiger partial charge in [-0.15, -0.1) is 0 Å². The minimum atomic E-state index is -4.14. The number of fused-ring (bicyclic) bond motifs is 2. The smallest absolute Gasteiger partial charge is 0.390 e. The molecule has 3 atom stereocenters. The number of carbonyl (C=O) groups excluding carboxylic acids is 1. The number of anilines is 1. The van der Waals surface area contributed by atoms with Crippen molar-refractivity contribution in [1.29, 1.82) is 0 Å². The highest BCUT2D eigenvalue weighted by Gasteiger charge is 2.41. The molecule has 2 fully saturated rings. The van der Waals surface area contributed by atoms with Gasteiger partial charge in [-0.1, -0.05) is 6.07 Å². The number of hydrogen-bond donors (Lipinski definition) is 1. The average Bonchev–Trinajstić information content (AvgIpc) is 3.45. The summed E-state index contributed by atoms with van der Waals surface area (Å²) in [5.41, 5.74) is 5.19. The lowest BCUT2D eigenvalue weighted by Gasteiger charge is -2.42. The third-order valence-corrected chi connectivity index (χ3v) is 8.17. The minimum Gasteiger partial charge on any atom is -0.497 e. The fourth-order valence-corrected chi connectivity index (χ4v) is 5.96. The van der Waals surface area contributed by atoms with Gasteiger partial charge in [0.15, 0.2) is 0 Å². The normalized spacial score (nSPS) is 20.0. The summed E-state index contributed by atoms with van der Waals surface area (Å²) in [6.45, 7) is 5.23. The summed E-state index contributed by atoms with van der Waals surface area (Å²) in [7, 11) is 3.48. The Morgan fingerprint density at radius 3 is 2.48 bits per heavy atom. The highest BCUT2D eigenvalue weighted by atomic mass is 19.4. The predicted molar refractivity (Wildman–Crippen MR) is 149 cm³/mol. The second-order valence-electron chi connectivity index (χ2n) is 11.0. The van der Waals surface area contributed by atoms with Gasteiger partial charge >= 0.3 is 6.18 Å². The molecule has 0 unspecified atom stereocenters. The van der Waals surface area contributed by atoms with Gasteiger partial charge in [-0.2, -0.15) is 18.3 Å². The summed E-state index contributed by atoms with van der Waals surface area (Å²) < 4.78 is 45.8. The first-order valence-corrected chi connectivity index (χ1v) is 13.7. The van der Waals surface area contributed by atoms with Gasteiger partial charge in [-0.3, -0.25) is 14.4 Å². The van der Waals surface area contributed by atoms with Gasteiger partial charge < -0.3 is 15.0 Å². The van der Waals surface area contributed by atoms with E-state index in [0.29, 0.717) is 24.4 Å². The Morgan fingerprint density at radius 1 is 1.12 bits per heavy atom. The molecule has 1 N–H and O–H groups in total. The van der Waals surface area contributed by atoms with E-state index in [4.69, 9.17) is 4.74 Å². The Morgan fingerprint density at radius 2 is 1.85 bits per heavy atom. The van der Waals surface area contributed by atoms with Crippen molar-refractivity contribution in [3.63, 3.8) is 0 Å². The van der Waals surface area contributed by atoms with E-state index in [2.05, 4.69) is 15.3 Å². The lowest BCUT2D eigenvalue weighted by molar-refractivity contribution is -0.139. The van der Waals surface area contributed by atoms with E-state index in [-0.39, 0.29) is 30.6 Å². The topological polar surface area (TPSA) is 62.6 Å². The van der Waals surface area contributed by atoms with Crippen LogP contribution >= 0.6 is 0 Å². The Hall–Kier alpha value is -3.53. The van der Waals surface area contributed by atoms with Crippen LogP contribution in [0.3, 0.4) is 0 Å². The van der Waals surface area contributed by atoms with Crippen molar-refractivity contribution in [2.45, 2.75) is 57.4 Å². The molecule has 10 heteroatoms. The SMILES string of the molecule is COc1cc(-c2cnn(C)c2)cc([C@@H](C)NC(=O)c2cc(N3C[C@H]4CC[C@@H](C3)N4CCC(F)(F)F)ccc2C)c1. The van der Waals surface area contributed by atoms with E-state index in [1.165, 1.54) is 0 Å². The molecule has 2 bridgehead atoms. The van der Waals surface area contributed by atoms with Gasteiger partial charge in [-0.05, 0) is 73.7 Å². The maximum absolute atomic E-state index is 13.5. The largest absolute Gasteiger partial charge is 0.497 e. The molecule has 2 saturated heterocycles. The molecule has 0 spiro atoms. The summed E-state index contributed by atoms with van der Waals surface area (Å²) in [5.74, 6) is 0.518. The molecule has 0 radical (unpaired) electrons. The average molecular weight is 556 g/mol. The molecule has 1 amide bonds. The number of ether oxygens (including phenoxy) is 1. The standard InChI is InChI=1S/C30H36F3N5O2/c1-19-5-6-24(37-17-25-7-8-26(18-37)38(25)10-9-30(31,32)33)14-28(19)29(39)35-20(2)21-11-22(13-27(12-21)40-4)23-15-34-36(3)16-23/h5-6,11-16,20,25-26H,7-10,17-18H2,1-4H3,(H,35,39)/t20-,25-,26+/m1/s1. The van der Waals surface area contributed by atoms with Gasteiger partial charge in [0, 0.05) is 61.8 Å². The quantitative estimate of drug-likeness (QED) is 0.398. The highest BCUT2D eigenvalue weighted by Crippen LogP contribution is 2.35. The Bertz CT molecular complexity index is 1360. The van der Waals surface area contributed by atoms with Gasteiger partial charge in [-0.25, -0.2) is 0 Å². The summed E-state index contributed by atoms with van der Waals surface area (Å²) >= 11 is 0. The van der Waals surface area contributed by atoms with E-state index in [1.807, 2.05) is 68.4 Å². The number of methoxy groups -OCH3 is 1. The molecule has 2 aliphatic rings. The second-order valence-corrected chi connectivity index (χ2v) is 11.0. The monoisotopic (exact) mass is 555 g/mol. The number of hydrogen-bond acceptors (Lipinski definition) is 5. The maximum atomic E-state index is 13.5. The zero-order valence-electron chi connectivity index (χ0n) is 23.3. The van der Waals surface area contributed by atoms with E-state index >= 15 is 0 Å². The fourth-order valence-electron chi connectivity index (χ4n) is 5.96. The van der Waals surface area contributed by atoms with Crippen LogP contribution in [0.4, 0.5) is 18.9 Å². The van der Waals surface area contributed by atoms with Crippen LogP contribution < -0.4 is 15.0 Å². The van der Waals surface area contributed by atoms with Crippen molar-refractivity contribution in [3.8, 4) is 16.9 Å². The molecular formula is C30H36F3N5O2. The van der Waals surface area contributed by atoms with Crippen LogP contribution in [0.2, 0.25) is 0 Å². The number of nitrogens with one attached hydrogen (secondary N) is 1. The molecule has 5 rings (SSSR count). The number of aromatic nitrogens is 2. The summed E-state index contributed by atoms with van der Waals surface area (Å²) in [4.78, 5) is 17.7. The molecule has 214 valence electrons. The number of aryl methyl sites for hydroxylation is 2. The van der Waals surface area contributed by atoms with Crippen LogP contribution in [0, 0.1) is 6.92 Å². The number of piperazine rings is 1. The first-order valence-electron chi connectivity index (χ1n) is 13.7. The molecular weight excluding hydrogens is 519 g/mol. The van der Waals surface area contributed by atoms with Crippen LogP contribution in [0.5, 0.6) is 5.75 Å². The third-order valence-electron chi connectivity index (χ3n) is 8.17. The molecule has 2 aliphatic heterocycles. The number of nitrogens with zero attached hydrogens (tertiary/aromatic N) is 4. The fraction of sp³-hybridized carbons (Fsp3) is 0.467. The van der Waals surface area contributed by atoms with Gasteiger partial charge in [0.1, 0.15) is 5.75 Å². The van der Waals surface area contributed by atoms with E-state index < -0.39 is 12.6 Å². The first-order chi connectivity index (χ1) is 19.0. The highest BCUT2D eigenvalue weighted by molar-refractivity contribution is 5.97. The Kier molecular flexibility index (Phi) is 7.81. The molecule has 3 aromatic rings. The van der Waals surface area contributed by atoms with Crippen molar-refractivity contribution in [3.05, 3.63) is 65.5 Å². The molecule has 0 saturated carbocycles. The predicted octanol–water partition coefficient (Wildman–Crippen LogP) is 5.50. The number of alkyl halides is 3. The van der Waals surface area contributed by atoms with Crippen molar-refractivity contribution < 1.29 is 22.7 Å². The zero-order valence-corrected chi connectivity index (χ0v) is 23.3. The van der Waals surface area contributed by atoms with Gasteiger partial charge in [0.05, 0.1) is 25.8 Å². The maximum Gasteiger partial charge on any atom is 0.390 e. The summed E-state index contributed by atoms with van der Waals surface area (Å²) in [6.07, 6.45) is 0.606. The first kappa shape index (κ1) is 28.0.